The standard InChI is InChI=1S/C25H38N4OS/c1-4-21-10-5-6-12-28(21)14-8-11-26-24(30)20-9-7-13-29(17-20)25-27-23-19(3)15-18(2)16-22(23)31-25/h15-16,20-21H,4-14,17H2,1-3H3,(H,26,30). The van der Waals surface area contributed by atoms with Gasteiger partial charge in [-0.2, -0.15) is 0 Å². The van der Waals surface area contributed by atoms with Crippen LogP contribution >= 0.6 is 11.3 Å². The molecule has 1 N–H and O–H groups in total. The predicted octanol–water partition coefficient (Wildman–Crippen LogP) is 4.90. The first-order valence-electron chi connectivity index (χ1n) is 12.2. The van der Waals surface area contributed by atoms with Crippen LogP contribution in [-0.4, -0.2) is 54.6 Å². The summed E-state index contributed by atoms with van der Waals surface area (Å²) in [6, 6.07) is 5.17. The molecule has 2 aliphatic heterocycles. The molecule has 1 aromatic carbocycles. The van der Waals surface area contributed by atoms with Gasteiger partial charge in [0, 0.05) is 32.2 Å². The monoisotopic (exact) mass is 442 g/mol. The first-order chi connectivity index (χ1) is 15.0. The molecule has 0 aliphatic carbocycles. The van der Waals surface area contributed by atoms with Gasteiger partial charge in [0.2, 0.25) is 5.91 Å². The number of fused-ring (bicyclic) bond motifs is 1. The van der Waals surface area contributed by atoms with Crippen LogP contribution in [0.25, 0.3) is 10.2 Å². The van der Waals surface area contributed by atoms with Crippen LogP contribution in [0.3, 0.4) is 0 Å². The van der Waals surface area contributed by atoms with E-state index in [1.54, 1.807) is 11.3 Å². The van der Waals surface area contributed by atoms with Crippen molar-refractivity contribution in [3.05, 3.63) is 23.3 Å². The van der Waals surface area contributed by atoms with Gasteiger partial charge in [-0.05, 0) is 76.1 Å². The molecule has 1 amide bonds. The number of carbonyl (C=O) groups is 1. The Bertz CT molecular complexity index is 895. The smallest absolute Gasteiger partial charge is 0.224 e. The Kier molecular flexibility index (Phi) is 7.49. The number of aryl methyl sites for hydroxylation is 2. The number of amides is 1. The van der Waals surface area contributed by atoms with Crippen LogP contribution in [0.5, 0.6) is 0 Å². The molecule has 31 heavy (non-hydrogen) atoms. The number of benzene rings is 1. The van der Waals surface area contributed by atoms with Gasteiger partial charge in [-0.3, -0.25) is 4.79 Å². The fourth-order valence-electron chi connectivity index (χ4n) is 5.31. The van der Waals surface area contributed by atoms with Gasteiger partial charge in [-0.25, -0.2) is 4.98 Å². The maximum atomic E-state index is 12.8. The van der Waals surface area contributed by atoms with Crippen LogP contribution in [0.2, 0.25) is 0 Å². The van der Waals surface area contributed by atoms with E-state index in [4.69, 9.17) is 4.98 Å². The highest BCUT2D eigenvalue weighted by molar-refractivity contribution is 7.22. The van der Waals surface area contributed by atoms with E-state index in [9.17, 15) is 4.79 Å². The van der Waals surface area contributed by atoms with Gasteiger partial charge in [-0.1, -0.05) is 30.7 Å². The second-order valence-electron chi connectivity index (χ2n) is 9.45. The van der Waals surface area contributed by atoms with Crippen molar-refractivity contribution >= 4 is 32.6 Å². The lowest BCUT2D eigenvalue weighted by molar-refractivity contribution is -0.125. The maximum absolute atomic E-state index is 12.8. The Balaban J connectivity index is 1.28. The Morgan fingerprint density at radius 2 is 2.06 bits per heavy atom. The number of piperidine rings is 2. The largest absolute Gasteiger partial charge is 0.356 e. The molecule has 2 unspecified atom stereocenters. The van der Waals surface area contributed by atoms with E-state index in [0.29, 0.717) is 0 Å². The minimum Gasteiger partial charge on any atom is -0.356 e. The predicted molar refractivity (Wildman–Crippen MR) is 131 cm³/mol. The zero-order chi connectivity index (χ0) is 21.8. The van der Waals surface area contributed by atoms with E-state index in [-0.39, 0.29) is 11.8 Å². The van der Waals surface area contributed by atoms with Crippen molar-refractivity contribution in [2.24, 2.45) is 5.92 Å². The Morgan fingerprint density at radius 1 is 1.19 bits per heavy atom. The number of anilines is 1. The van der Waals surface area contributed by atoms with Crippen molar-refractivity contribution < 1.29 is 4.79 Å². The van der Waals surface area contributed by atoms with Crippen molar-refractivity contribution in [2.45, 2.75) is 71.8 Å². The number of hydrogen-bond acceptors (Lipinski definition) is 5. The highest BCUT2D eigenvalue weighted by atomic mass is 32.1. The number of carbonyl (C=O) groups excluding carboxylic acids is 1. The van der Waals surface area contributed by atoms with E-state index in [1.165, 1.54) is 48.1 Å². The molecule has 6 heteroatoms. The summed E-state index contributed by atoms with van der Waals surface area (Å²) < 4.78 is 1.25. The van der Waals surface area contributed by atoms with Gasteiger partial charge in [0.1, 0.15) is 0 Å². The quantitative estimate of drug-likeness (QED) is 0.620. The molecule has 4 rings (SSSR count). The van der Waals surface area contributed by atoms with Gasteiger partial charge in [-0.15, -0.1) is 0 Å². The molecule has 170 valence electrons. The van der Waals surface area contributed by atoms with E-state index < -0.39 is 0 Å². The highest BCUT2D eigenvalue weighted by Gasteiger charge is 2.27. The molecule has 2 atom stereocenters. The van der Waals surface area contributed by atoms with E-state index >= 15 is 0 Å². The lowest BCUT2D eigenvalue weighted by atomic mass is 9.97. The molecule has 1 aromatic heterocycles. The van der Waals surface area contributed by atoms with Gasteiger partial charge in [0.05, 0.1) is 16.1 Å². The van der Waals surface area contributed by atoms with Crippen molar-refractivity contribution in [3.8, 4) is 0 Å². The number of nitrogens with one attached hydrogen (secondary N) is 1. The first kappa shape index (κ1) is 22.5. The van der Waals surface area contributed by atoms with E-state index in [2.05, 4.69) is 48.0 Å². The topological polar surface area (TPSA) is 48.5 Å². The molecule has 2 aliphatic rings. The summed E-state index contributed by atoms with van der Waals surface area (Å²) in [4.78, 5) is 22.7. The average molecular weight is 443 g/mol. The Morgan fingerprint density at radius 3 is 2.90 bits per heavy atom. The summed E-state index contributed by atoms with van der Waals surface area (Å²) in [5.74, 6) is 0.297. The number of thiazole rings is 1. The Labute approximate surface area is 191 Å². The minimum atomic E-state index is 0.0713. The number of hydrogen-bond donors (Lipinski definition) is 1. The third kappa shape index (κ3) is 5.40. The first-order valence-corrected chi connectivity index (χ1v) is 13.0. The van der Waals surface area contributed by atoms with E-state index in [1.807, 2.05) is 0 Å². The van der Waals surface area contributed by atoms with Crippen molar-refractivity contribution in [3.63, 3.8) is 0 Å². The number of aromatic nitrogens is 1. The van der Waals surface area contributed by atoms with Gasteiger partial charge < -0.3 is 15.1 Å². The molecule has 2 fully saturated rings. The number of nitrogens with zero attached hydrogens (tertiary/aromatic N) is 3. The summed E-state index contributed by atoms with van der Waals surface area (Å²) in [5.41, 5.74) is 3.63. The van der Waals surface area contributed by atoms with Crippen molar-refractivity contribution in [1.82, 2.24) is 15.2 Å². The van der Waals surface area contributed by atoms with Crippen LogP contribution in [0.1, 0.15) is 63.0 Å². The summed E-state index contributed by atoms with van der Waals surface area (Å²) in [6.45, 7) is 11.5. The molecule has 0 spiro atoms. The van der Waals surface area contributed by atoms with Crippen LogP contribution in [0, 0.1) is 19.8 Å². The lowest BCUT2D eigenvalue weighted by Gasteiger charge is -2.35. The fraction of sp³-hybridized carbons (Fsp3) is 0.680. The second kappa shape index (κ2) is 10.3. The normalized spacial score (nSPS) is 22.7. The minimum absolute atomic E-state index is 0.0713. The third-order valence-electron chi connectivity index (χ3n) is 7.02. The molecule has 2 saturated heterocycles. The molecule has 0 bridgehead atoms. The summed E-state index contributed by atoms with van der Waals surface area (Å²) in [7, 11) is 0. The summed E-state index contributed by atoms with van der Waals surface area (Å²) in [5, 5.41) is 4.30. The fourth-order valence-corrected chi connectivity index (χ4v) is 6.49. The van der Waals surface area contributed by atoms with Gasteiger partial charge in [0.25, 0.3) is 0 Å². The number of likely N-dealkylation sites (tertiary alicyclic amines) is 1. The zero-order valence-electron chi connectivity index (χ0n) is 19.5. The van der Waals surface area contributed by atoms with Gasteiger partial charge in [0.15, 0.2) is 5.13 Å². The van der Waals surface area contributed by atoms with Crippen LogP contribution < -0.4 is 10.2 Å². The van der Waals surface area contributed by atoms with Crippen molar-refractivity contribution in [2.75, 3.05) is 37.6 Å². The SMILES string of the molecule is CCC1CCCCN1CCCNC(=O)C1CCCN(c2nc3c(C)cc(C)cc3s2)C1. The van der Waals surface area contributed by atoms with E-state index in [0.717, 1.165) is 62.1 Å². The molecule has 0 saturated carbocycles. The second-order valence-corrected chi connectivity index (χ2v) is 10.5. The average Bonchev–Trinajstić information content (AvgIpc) is 3.21. The summed E-state index contributed by atoms with van der Waals surface area (Å²) in [6.07, 6.45) is 8.37. The van der Waals surface area contributed by atoms with Crippen LogP contribution in [0.4, 0.5) is 5.13 Å². The Hall–Kier alpha value is -1.66. The lowest BCUT2D eigenvalue weighted by Crippen LogP contribution is -2.44. The zero-order valence-corrected chi connectivity index (χ0v) is 20.3. The highest BCUT2D eigenvalue weighted by Crippen LogP contribution is 2.33. The molecule has 2 aromatic rings. The molecule has 5 nitrogen and oxygen atoms in total. The molecular formula is C25H38N4OS. The molecule has 0 radical (unpaired) electrons. The maximum Gasteiger partial charge on any atom is 0.224 e. The van der Waals surface area contributed by atoms with Gasteiger partial charge >= 0.3 is 0 Å². The summed E-state index contributed by atoms with van der Waals surface area (Å²) >= 11 is 1.76. The third-order valence-corrected chi connectivity index (χ3v) is 8.09. The van der Waals surface area contributed by atoms with Crippen LogP contribution in [0.15, 0.2) is 12.1 Å². The number of rotatable bonds is 7. The molecule has 3 heterocycles. The van der Waals surface area contributed by atoms with Crippen molar-refractivity contribution in [1.29, 1.82) is 0 Å². The molecular weight excluding hydrogens is 404 g/mol. The van der Waals surface area contributed by atoms with Crippen LogP contribution in [-0.2, 0) is 4.79 Å².